The summed E-state index contributed by atoms with van der Waals surface area (Å²) in [5.74, 6) is 0. The molecule has 13 rings (SSSR count). The highest BCUT2D eigenvalue weighted by atomic mass is 15.1. The van der Waals surface area contributed by atoms with Crippen LogP contribution in [0.5, 0.6) is 0 Å². The van der Waals surface area contributed by atoms with Crippen LogP contribution in [0, 0.1) is 0 Å². The third-order valence-corrected chi connectivity index (χ3v) is 14.7. The molecule has 0 saturated carbocycles. The van der Waals surface area contributed by atoms with Gasteiger partial charge in [0, 0.05) is 22.5 Å². The largest absolute Gasteiger partial charge is 0.310 e. The van der Waals surface area contributed by atoms with Crippen LogP contribution in [-0.4, -0.2) is 0 Å². The molecule has 0 saturated heterocycles. The second kappa shape index (κ2) is 14.3. The topological polar surface area (TPSA) is 3.24 Å². The fourth-order valence-electron chi connectivity index (χ4n) is 11.7. The predicted molar refractivity (Wildman–Crippen MR) is 271 cm³/mol. The number of fused-ring (bicyclic) bond motifs is 13. The maximum Gasteiger partial charge on any atom is 0.0725 e. The zero-order chi connectivity index (χ0) is 43.3. The Bertz CT molecular complexity index is 3510. The smallest absolute Gasteiger partial charge is 0.0725 e. The summed E-state index contributed by atoms with van der Waals surface area (Å²) in [6.45, 7) is 4.73. The molecule has 3 aliphatic carbocycles. The molecule has 0 radical (unpaired) electrons. The molecule has 0 aromatic heterocycles. The lowest BCUT2D eigenvalue weighted by molar-refractivity contribution is 0.660. The molecule has 1 unspecified atom stereocenters. The SMILES string of the molecule is CC1(C)c2ccccc2-c2ccc(N(c3ccc(-c4ccccc4)cc3)c3cccc(-c4ccc5c(c4)-c4ccccc4C54c5ccccc5-c5ccc(-c6ccccc6)cc54)c3)cc21. The van der Waals surface area contributed by atoms with Crippen molar-refractivity contribution in [2.45, 2.75) is 24.7 Å². The predicted octanol–water partition coefficient (Wildman–Crippen LogP) is 16.8. The van der Waals surface area contributed by atoms with Crippen LogP contribution in [0.25, 0.3) is 66.8 Å². The Morgan fingerprint density at radius 2 is 0.677 bits per heavy atom. The minimum atomic E-state index is -0.424. The Morgan fingerprint density at radius 1 is 0.246 bits per heavy atom. The summed E-state index contributed by atoms with van der Waals surface area (Å²) >= 11 is 0. The van der Waals surface area contributed by atoms with Crippen molar-refractivity contribution in [1.82, 2.24) is 0 Å². The van der Waals surface area contributed by atoms with Crippen LogP contribution < -0.4 is 4.90 Å². The molecule has 10 aromatic rings. The highest BCUT2D eigenvalue weighted by Crippen LogP contribution is 2.63. The molecule has 1 nitrogen and oxygen atoms in total. The molecule has 0 fully saturated rings. The van der Waals surface area contributed by atoms with E-state index in [0.717, 1.165) is 17.1 Å². The minimum absolute atomic E-state index is 0.117. The molecule has 0 aliphatic heterocycles. The fourth-order valence-corrected chi connectivity index (χ4v) is 11.7. The van der Waals surface area contributed by atoms with Crippen LogP contribution >= 0.6 is 0 Å². The van der Waals surface area contributed by atoms with Crippen molar-refractivity contribution in [2.24, 2.45) is 0 Å². The van der Waals surface area contributed by atoms with Crippen LogP contribution in [0.1, 0.15) is 47.2 Å². The second-order valence-electron chi connectivity index (χ2n) is 18.4. The molecule has 10 aromatic carbocycles. The van der Waals surface area contributed by atoms with E-state index in [1.807, 2.05) is 0 Å². The molecule has 3 aliphatic rings. The van der Waals surface area contributed by atoms with E-state index >= 15 is 0 Å². The van der Waals surface area contributed by atoms with Crippen LogP contribution in [0.2, 0.25) is 0 Å². The average Bonchev–Trinajstić information content (AvgIpc) is 3.92. The van der Waals surface area contributed by atoms with Crippen LogP contribution in [-0.2, 0) is 10.8 Å². The van der Waals surface area contributed by atoms with E-state index in [4.69, 9.17) is 0 Å². The van der Waals surface area contributed by atoms with Crippen molar-refractivity contribution >= 4 is 17.1 Å². The Morgan fingerprint density at radius 3 is 1.38 bits per heavy atom. The van der Waals surface area contributed by atoms with Crippen LogP contribution in [0.15, 0.2) is 237 Å². The van der Waals surface area contributed by atoms with E-state index in [1.54, 1.807) is 0 Å². The van der Waals surface area contributed by atoms with Gasteiger partial charge in [-0.1, -0.05) is 202 Å². The van der Waals surface area contributed by atoms with E-state index in [2.05, 4.69) is 255 Å². The molecular formula is C64H45N. The molecule has 1 spiro atoms. The van der Waals surface area contributed by atoms with Crippen LogP contribution in [0.4, 0.5) is 17.1 Å². The van der Waals surface area contributed by atoms with Gasteiger partial charge in [-0.25, -0.2) is 0 Å². The molecular weight excluding hydrogens is 783 g/mol. The molecule has 0 bridgehead atoms. The minimum Gasteiger partial charge on any atom is -0.310 e. The van der Waals surface area contributed by atoms with Gasteiger partial charge in [0.1, 0.15) is 0 Å². The normalized spacial score (nSPS) is 15.4. The van der Waals surface area contributed by atoms with E-state index in [-0.39, 0.29) is 5.41 Å². The maximum absolute atomic E-state index is 2.47. The van der Waals surface area contributed by atoms with Gasteiger partial charge in [-0.2, -0.15) is 0 Å². The van der Waals surface area contributed by atoms with Crippen molar-refractivity contribution in [3.63, 3.8) is 0 Å². The second-order valence-corrected chi connectivity index (χ2v) is 18.4. The molecule has 0 amide bonds. The lowest BCUT2D eigenvalue weighted by Crippen LogP contribution is -2.25. The average molecular weight is 828 g/mol. The first-order valence-electron chi connectivity index (χ1n) is 22.8. The summed E-state index contributed by atoms with van der Waals surface area (Å²) in [5.41, 5.74) is 26.2. The highest BCUT2D eigenvalue weighted by Gasteiger charge is 2.51. The number of rotatable bonds is 6. The Labute approximate surface area is 381 Å². The number of nitrogens with zero attached hydrogens (tertiary/aromatic N) is 1. The summed E-state index contributed by atoms with van der Waals surface area (Å²) in [6, 6.07) is 88.2. The highest BCUT2D eigenvalue weighted by molar-refractivity contribution is 5.97. The van der Waals surface area contributed by atoms with Gasteiger partial charge >= 0.3 is 0 Å². The van der Waals surface area contributed by atoms with Gasteiger partial charge in [0.05, 0.1) is 5.41 Å². The van der Waals surface area contributed by atoms with Gasteiger partial charge in [-0.05, 0) is 149 Å². The van der Waals surface area contributed by atoms with E-state index in [1.165, 1.54) is 100 Å². The lowest BCUT2D eigenvalue weighted by Gasteiger charge is -2.31. The number of hydrogen-bond donors (Lipinski definition) is 0. The Kier molecular flexibility index (Phi) is 8.24. The van der Waals surface area contributed by atoms with Crippen molar-refractivity contribution in [3.05, 3.63) is 270 Å². The number of benzene rings is 10. The summed E-state index contributed by atoms with van der Waals surface area (Å²) in [5, 5.41) is 0. The molecule has 65 heavy (non-hydrogen) atoms. The first-order valence-corrected chi connectivity index (χ1v) is 22.8. The lowest BCUT2D eigenvalue weighted by atomic mass is 9.70. The standard InChI is InChI=1S/C64H45N/c1-63(2)57-25-12-9-22-51(57)54-36-34-50(41-61(54)63)65(48-32-28-44(29-33-48)42-16-5-3-6-17-42)49-21-15-20-45(38-49)46-31-37-60-56(39-46)53-24-11-14-27-59(53)64(60)58-26-13-10-23-52(58)55-35-30-47(40-62(55)64)43-18-7-4-8-19-43/h3-41H,1-2H3. The summed E-state index contributed by atoms with van der Waals surface area (Å²) in [4.78, 5) is 2.44. The summed E-state index contributed by atoms with van der Waals surface area (Å²) in [6.07, 6.45) is 0. The maximum atomic E-state index is 2.47. The molecule has 0 N–H and O–H groups in total. The fraction of sp³-hybridized carbons (Fsp3) is 0.0625. The zero-order valence-corrected chi connectivity index (χ0v) is 36.5. The third-order valence-electron chi connectivity index (χ3n) is 14.7. The zero-order valence-electron chi connectivity index (χ0n) is 36.5. The van der Waals surface area contributed by atoms with E-state index in [0.29, 0.717) is 0 Å². The molecule has 0 heterocycles. The number of hydrogen-bond acceptors (Lipinski definition) is 1. The van der Waals surface area contributed by atoms with E-state index in [9.17, 15) is 0 Å². The molecule has 1 atom stereocenters. The molecule has 306 valence electrons. The van der Waals surface area contributed by atoms with Crippen molar-refractivity contribution < 1.29 is 0 Å². The Balaban J connectivity index is 0.960. The molecule has 1 heteroatoms. The number of anilines is 3. The van der Waals surface area contributed by atoms with Crippen LogP contribution in [0.3, 0.4) is 0 Å². The van der Waals surface area contributed by atoms with Gasteiger partial charge in [0.2, 0.25) is 0 Å². The van der Waals surface area contributed by atoms with Gasteiger partial charge in [-0.15, -0.1) is 0 Å². The van der Waals surface area contributed by atoms with Gasteiger partial charge in [-0.3, -0.25) is 0 Å². The summed E-state index contributed by atoms with van der Waals surface area (Å²) < 4.78 is 0. The summed E-state index contributed by atoms with van der Waals surface area (Å²) in [7, 11) is 0. The third kappa shape index (κ3) is 5.52. The first kappa shape index (κ1) is 37.5. The Hall–Kier alpha value is -8.00. The first-order chi connectivity index (χ1) is 32.0. The van der Waals surface area contributed by atoms with Crippen molar-refractivity contribution in [1.29, 1.82) is 0 Å². The van der Waals surface area contributed by atoms with Crippen molar-refractivity contribution in [2.75, 3.05) is 4.90 Å². The van der Waals surface area contributed by atoms with E-state index < -0.39 is 5.41 Å². The van der Waals surface area contributed by atoms with Crippen molar-refractivity contribution in [3.8, 4) is 66.8 Å². The monoisotopic (exact) mass is 827 g/mol. The van der Waals surface area contributed by atoms with Gasteiger partial charge in [0.25, 0.3) is 0 Å². The van der Waals surface area contributed by atoms with Gasteiger partial charge < -0.3 is 4.90 Å². The van der Waals surface area contributed by atoms with Gasteiger partial charge in [0.15, 0.2) is 0 Å². The quantitative estimate of drug-likeness (QED) is 0.161.